The lowest BCUT2D eigenvalue weighted by Gasteiger charge is -2.16. The number of carbonyl (C=O) groups excluding carboxylic acids is 3. The number of ether oxygens (including phenoxy) is 1. The number of benzene rings is 2. The summed E-state index contributed by atoms with van der Waals surface area (Å²) in [6.07, 6.45) is 0.180. The quantitative estimate of drug-likeness (QED) is 0.640. The molecule has 7 nitrogen and oxygen atoms in total. The fraction of sp³-hybridized carbons (Fsp3) is 0.0952. The highest BCUT2D eigenvalue weighted by molar-refractivity contribution is 6.03. The van der Waals surface area contributed by atoms with Gasteiger partial charge in [-0.3, -0.25) is 9.59 Å². The molecule has 0 aliphatic rings. The molecule has 0 fully saturated rings. The summed E-state index contributed by atoms with van der Waals surface area (Å²) in [6, 6.07) is 16.3. The summed E-state index contributed by atoms with van der Waals surface area (Å²) in [5.74, 6) is -1.82. The molecule has 0 unspecified atom stereocenters. The van der Waals surface area contributed by atoms with Gasteiger partial charge in [0, 0.05) is 11.3 Å². The molecule has 3 N–H and O–H groups in total. The van der Waals surface area contributed by atoms with Crippen molar-refractivity contribution >= 4 is 23.5 Å². The Morgan fingerprint density at radius 3 is 2.43 bits per heavy atom. The maximum absolute atomic E-state index is 12.5. The molecular formula is C21H18N2O5. The van der Waals surface area contributed by atoms with Gasteiger partial charge in [-0.15, -0.1) is 0 Å². The number of anilines is 1. The SMILES string of the molecule is Cc1ccc(C(=O)O[C@@H](C(N)=O)c2ccccc2)cc1NC(=O)c1ccco1. The Balaban J connectivity index is 1.80. The first-order valence-corrected chi connectivity index (χ1v) is 8.46. The van der Waals surface area contributed by atoms with E-state index in [9.17, 15) is 14.4 Å². The van der Waals surface area contributed by atoms with Crippen LogP contribution in [0.25, 0.3) is 0 Å². The maximum Gasteiger partial charge on any atom is 0.339 e. The van der Waals surface area contributed by atoms with E-state index in [1.165, 1.54) is 18.4 Å². The molecule has 0 radical (unpaired) electrons. The third-order valence-electron chi connectivity index (χ3n) is 4.05. The molecule has 2 aromatic carbocycles. The van der Waals surface area contributed by atoms with E-state index >= 15 is 0 Å². The van der Waals surface area contributed by atoms with Crippen molar-refractivity contribution < 1.29 is 23.5 Å². The van der Waals surface area contributed by atoms with Crippen molar-refractivity contribution in [1.82, 2.24) is 0 Å². The van der Waals surface area contributed by atoms with Crippen molar-refractivity contribution in [1.29, 1.82) is 0 Å². The van der Waals surface area contributed by atoms with Gasteiger partial charge in [0.1, 0.15) is 0 Å². The highest BCUT2D eigenvalue weighted by atomic mass is 16.5. The molecule has 0 saturated heterocycles. The second kappa shape index (κ2) is 8.22. The van der Waals surface area contributed by atoms with Crippen LogP contribution in [0.4, 0.5) is 5.69 Å². The number of carbonyl (C=O) groups is 3. The number of nitrogens with two attached hydrogens (primary N) is 1. The average Bonchev–Trinajstić information content (AvgIpc) is 3.23. The zero-order chi connectivity index (χ0) is 20.1. The highest BCUT2D eigenvalue weighted by Gasteiger charge is 2.23. The van der Waals surface area contributed by atoms with Gasteiger partial charge in [-0.2, -0.15) is 0 Å². The Hall–Kier alpha value is -3.87. The van der Waals surface area contributed by atoms with Crippen molar-refractivity contribution in [3.8, 4) is 0 Å². The van der Waals surface area contributed by atoms with Crippen LogP contribution in [0.2, 0.25) is 0 Å². The highest BCUT2D eigenvalue weighted by Crippen LogP contribution is 2.22. The molecule has 3 rings (SSSR count). The van der Waals surface area contributed by atoms with E-state index in [0.717, 1.165) is 5.56 Å². The molecule has 1 heterocycles. The zero-order valence-corrected chi connectivity index (χ0v) is 15.0. The van der Waals surface area contributed by atoms with E-state index in [0.29, 0.717) is 11.3 Å². The smallest absolute Gasteiger partial charge is 0.339 e. The van der Waals surface area contributed by atoms with Gasteiger partial charge in [0.25, 0.3) is 11.8 Å². The van der Waals surface area contributed by atoms with Crippen molar-refractivity contribution in [2.75, 3.05) is 5.32 Å². The number of nitrogens with one attached hydrogen (secondary N) is 1. The Bertz CT molecular complexity index is 997. The fourth-order valence-corrected chi connectivity index (χ4v) is 2.57. The molecule has 1 aromatic heterocycles. The van der Waals surface area contributed by atoms with Crippen molar-refractivity contribution in [2.45, 2.75) is 13.0 Å². The first kappa shape index (κ1) is 18.9. The van der Waals surface area contributed by atoms with E-state index in [1.807, 2.05) is 0 Å². The minimum atomic E-state index is -1.21. The summed E-state index contributed by atoms with van der Waals surface area (Å²) in [6.45, 7) is 1.78. The first-order valence-electron chi connectivity index (χ1n) is 8.46. The van der Waals surface area contributed by atoms with Crippen LogP contribution in [-0.4, -0.2) is 17.8 Å². The number of esters is 1. The van der Waals surface area contributed by atoms with Crippen molar-refractivity contribution in [3.05, 3.63) is 89.4 Å². The van der Waals surface area contributed by atoms with Crippen LogP contribution >= 0.6 is 0 Å². The van der Waals surface area contributed by atoms with Gasteiger partial charge in [0.05, 0.1) is 11.8 Å². The predicted octanol–water partition coefficient (Wildman–Crippen LogP) is 3.22. The summed E-state index contributed by atoms with van der Waals surface area (Å²) in [5, 5.41) is 2.68. The minimum Gasteiger partial charge on any atom is -0.459 e. The monoisotopic (exact) mass is 378 g/mol. The second-order valence-corrected chi connectivity index (χ2v) is 6.06. The van der Waals surface area contributed by atoms with E-state index < -0.39 is 23.9 Å². The summed E-state index contributed by atoms with van der Waals surface area (Å²) in [7, 11) is 0. The van der Waals surface area contributed by atoms with Crippen molar-refractivity contribution in [2.24, 2.45) is 5.73 Å². The molecule has 0 aliphatic heterocycles. The zero-order valence-electron chi connectivity index (χ0n) is 15.0. The topological polar surface area (TPSA) is 112 Å². The van der Waals surface area contributed by atoms with Gasteiger partial charge in [-0.25, -0.2) is 4.79 Å². The van der Waals surface area contributed by atoms with Gasteiger partial charge in [0.2, 0.25) is 6.10 Å². The number of amides is 2. The van der Waals surface area contributed by atoms with Gasteiger partial charge in [0.15, 0.2) is 5.76 Å². The van der Waals surface area contributed by atoms with E-state index in [4.69, 9.17) is 14.9 Å². The molecule has 0 spiro atoms. The van der Waals surface area contributed by atoms with Crippen LogP contribution in [0, 0.1) is 6.92 Å². The fourth-order valence-electron chi connectivity index (χ4n) is 2.57. The molecule has 0 saturated carbocycles. The number of hydrogen-bond acceptors (Lipinski definition) is 5. The standard InChI is InChI=1S/C21H18N2O5/c1-13-9-10-15(12-16(13)23-20(25)17-8-5-11-27-17)21(26)28-18(19(22)24)14-6-3-2-4-7-14/h2-12,18H,1H3,(H2,22,24)(H,23,25)/t18-/m1/s1. The molecule has 1 atom stereocenters. The minimum absolute atomic E-state index is 0.144. The molecule has 0 bridgehead atoms. The van der Waals surface area contributed by atoms with E-state index in [2.05, 4.69) is 5.32 Å². The number of hydrogen-bond donors (Lipinski definition) is 2. The van der Waals surface area contributed by atoms with E-state index in [1.54, 1.807) is 55.5 Å². The molecule has 2 amide bonds. The predicted molar refractivity (Wildman–Crippen MR) is 102 cm³/mol. The van der Waals surface area contributed by atoms with Gasteiger partial charge in [-0.1, -0.05) is 36.4 Å². The van der Waals surface area contributed by atoms with Crippen LogP contribution in [0.1, 0.15) is 38.1 Å². The first-order chi connectivity index (χ1) is 13.5. The summed E-state index contributed by atoms with van der Waals surface area (Å²) < 4.78 is 10.4. The summed E-state index contributed by atoms with van der Waals surface area (Å²) in [4.78, 5) is 36.5. The summed E-state index contributed by atoms with van der Waals surface area (Å²) >= 11 is 0. The normalized spacial score (nSPS) is 11.5. The van der Waals surface area contributed by atoms with Crippen molar-refractivity contribution in [3.63, 3.8) is 0 Å². The lowest BCUT2D eigenvalue weighted by molar-refractivity contribution is -0.127. The molecule has 3 aromatic rings. The number of rotatable bonds is 6. The van der Waals surface area contributed by atoms with Crippen LogP contribution < -0.4 is 11.1 Å². The Morgan fingerprint density at radius 2 is 1.79 bits per heavy atom. The third kappa shape index (κ3) is 4.27. The van der Waals surface area contributed by atoms with Crippen LogP contribution in [0.3, 0.4) is 0 Å². The average molecular weight is 378 g/mol. The lowest BCUT2D eigenvalue weighted by Crippen LogP contribution is -2.26. The largest absolute Gasteiger partial charge is 0.459 e. The number of furan rings is 1. The Labute approximate surface area is 161 Å². The Morgan fingerprint density at radius 1 is 1.04 bits per heavy atom. The molecule has 0 aliphatic carbocycles. The third-order valence-corrected chi connectivity index (χ3v) is 4.05. The maximum atomic E-state index is 12.5. The molecule has 142 valence electrons. The molecular weight excluding hydrogens is 360 g/mol. The van der Waals surface area contributed by atoms with E-state index in [-0.39, 0.29) is 11.3 Å². The molecule has 7 heteroatoms. The Kier molecular flexibility index (Phi) is 5.55. The van der Waals surface area contributed by atoms with Crippen LogP contribution in [-0.2, 0) is 9.53 Å². The summed E-state index contributed by atoms with van der Waals surface area (Å²) in [5.41, 5.74) is 7.19. The second-order valence-electron chi connectivity index (χ2n) is 6.06. The number of primary amides is 1. The van der Waals surface area contributed by atoms with Crippen LogP contribution in [0.15, 0.2) is 71.3 Å². The lowest BCUT2D eigenvalue weighted by atomic mass is 10.1. The molecule has 28 heavy (non-hydrogen) atoms. The number of aryl methyl sites for hydroxylation is 1. The van der Waals surface area contributed by atoms with Crippen LogP contribution in [0.5, 0.6) is 0 Å². The van der Waals surface area contributed by atoms with Gasteiger partial charge >= 0.3 is 5.97 Å². The van der Waals surface area contributed by atoms with Gasteiger partial charge in [-0.05, 0) is 36.8 Å². The van der Waals surface area contributed by atoms with Gasteiger partial charge < -0.3 is 20.2 Å².